The second kappa shape index (κ2) is 16.9. The molecule has 8 nitrogen and oxygen atoms in total. The topological polar surface area (TPSA) is 91.0 Å². The molecule has 1 unspecified atom stereocenters. The maximum atomic E-state index is 14.0. The first-order valence-corrected chi connectivity index (χ1v) is 16.9. The molecule has 0 saturated carbocycles. The van der Waals surface area contributed by atoms with E-state index in [1.54, 1.807) is 0 Å². The number of carbonyl (C=O) groups is 3. The molecule has 3 aromatic carbocycles. The first-order chi connectivity index (χ1) is 22.5. The van der Waals surface area contributed by atoms with Gasteiger partial charge in [-0.1, -0.05) is 97.4 Å². The maximum absolute atomic E-state index is 14.0. The van der Waals surface area contributed by atoms with Crippen LogP contribution in [0, 0.1) is 0 Å². The molecule has 0 aromatic heterocycles. The highest BCUT2D eigenvalue weighted by Gasteiger charge is 2.53. The highest BCUT2D eigenvalue weighted by Crippen LogP contribution is 2.35. The Morgan fingerprint density at radius 1 is 0.783 bits per heavy atom. The molecule has 2 aliphatic heterocycles. The summed E-state index contributed by atoms with van der Waals surface area (Å²) < 4.78 is 5.28. The number of piperazine rings is 1. The molecule has 2 fully saturated rings. The number of alkyl carbamates (subject to hydrolysis) is 1. The minimum atomic E-state index is -0.822. The summed E-state index contributed by atoms with van der Waals surface area (Å²) >= 11 is 0. The number of benzene rings is 3. The summed E-state index contributed by atoms with van der Waals surface area (Å²) in [4.78, 5) is 44.2. The van der Waals surface area contributed by atoms with E-state index in [9.17, 15) is 14.4 Å². The average molecular weight is 625 g/mol. The summed E-state index contributed by atoms with van der Waals surface area (Å²) in [7, 11) is 0. The first-order valence-electron chi connectivity index (χ1n) is 16.9. The lowest BCUT2D eigenvalue weighted by Gasteiger charge is -2.51. The molecule has 3 aromatic rings. The molecule has 5 rings (SSSR count). The number of carbonyl (C=O) groups excluding carboxylic acids is 3. The van der Waals surface area contributed by atoms with E-state index in [2.05, 4.69) is 45.9 Å². The quantitative estimate of drug-likeness (QED) is 0.207. The van der Waals surface area contributed by atoms with E-state index in [1.165, 1.54) is 18.4 Å². The molecule has 46 heavy (non-hydrogen) atoms. The Labute approximate surface area is 273 Å². The molecule has 2 heterocycles. The fourth-order valence-corrected chi connectivity index (χ4v) is 6.63. The van der Waals surface area contributed by atoms with Gasteiger partial charge in [-0.05, 0) is 74.6 Å². The summed E-state index contributed by atoms with van der Waals surface area (Å²) in [5.74, 6) is -0.0359. The van der Waals surface area contributed by atoms with Gasteiger partial charge in [-0.15, -0.1) is 0 Å². The number of unbranched alkanes of at least 4 members (excludes halogenated alkanes) is 3. The number of aryl methyl sites for hydroxylation is 1. The number of nitrogens with zero attached hydrogens (tertiary/aromatic N) is 2. The molecule has 2 N–H and O–H groups in total. The predicted molar refractivity (Wildman–Crippen MR) is 180 cm³/mol. The Balaban J connectivity index is 1.09. The van der Waals surface area contributed by atoms with E-state index in [1.807, 2.05) is 65.6 Å². The summed E-state index contributed by atoms with van der Waals surface area (Å²) in [5.41, 5.74) is 2.53. The Hall–Kier alpha value is -4.17. The Kier molecular flexibility index (Phi) is 12.2. The lowest BCUT2D eigenvalue weighted by molar-refractivity contribution is -0.162. The number of rotatable bonds is 15. The van der Waals surface area contributed by atoms with Crippen LogP contribution in [0.1, 0.15) is 68.1 Å². The fraction of sp³-hybridized carbons (Fsp3) is 0.447. The average Bonchev–Trinajstić information content (AvgIpc) is 3.10. The van der Waals surface area contributed by atoms with Crippen molar-refractivity contribution in [1.82, 2.24) is 20.4 Å². The third-order valence-electron chi connectivity index (χ3n) is 9.36. The van der Waals surface area contributed by atoms with Crippen molar-refractivity contribution in [3.8, 4) is 0 Å². The van der Waals surface area contributed by atoms with Crippen LogP contribution in [-0.4, -0.2) is 65.5 Å². The van der Waals surface area contributed by atoms with Crippen LogP contribution < -0.4 is 10.6 Å². The van der Waals surface area contributed by atoms with Crippen LogP contribution in [0.25, 0.3) is 0 Å². The number of likely N-dealkylation sites (tertiary alicyclic amines) is 1. The van der Waals surface area contributed by atoms with Gasteiger partial charge in [0.2, 0.25) is 11.8 Å². The van der Waals surface area contributed by atoms with Crippen LogP contribution in [0.5, 0.6) is 0 Å². The number of piperidine rings is 1. The number of hydrogen-bond donors (Lipinski definition) is 2. The van der Waals surface area contributed by atoms with Crippen molar-refractivity contribution in [1.29, 1.82) is 0 Å². The van der Waals surface area contributed by atoms with Crippen LogP contribution in [0.2, 0.25) is 0 Å². The lowest BCUT2D eigenvalue weighted by atomic mass is 9.81. The van der Waals surface area contributed by atoms with Gasteiger partial charge in [0.15, 0.2) is 0 Å². The summed E-state index contributed by atoms with van der Waals surface area (Å²) in [6, 6.07) is 29.6. The van der Waals surface area contributed by atoms with E-state index in [-0.39, 0.29) is 18.4 Å². The van der Waals surface area contributed by atoms with Crippen molar-refractivity contribution in [2.45, 2.75) is 82.5 Å². The van der Waals surface area contributed by atoms with E-state index < -0.39 is 17.7 Å². The third-order valence-corrected chi connectivity index (χ3v) is 9.36. The largest absolute Gasteiger partial charge is 0.445 e. The standard InChI is InChI=1S/C38H48N4O4/c43-35-34(22-12-13-25-39-37(45)46-30-33-20-9-3-10-21-33)40-36(44)38(42(35)29-32-18-7-2-8-19-32)23-27-41(28-24-38)26-14-4-11-17-31-15-5-1-6-16-31/h1-3,5-10,15-16,18-21,34H,4,11-14,17,22-30H2,(H,39,45)(H,40,44). The smallest absolute Gasteiger partial charge is 0.407 e. The van der Waals surface area contributed by atoms with E-state index in [4.69, 9.17) is 4.74 Å². The van der Waals surface area contributed by atoms with Gasteiger partial charge < -0.3 is 25.2 Å². The number of hydrogen-bond acceptors (Lipinski definition) is 5. The van der Waals surface area contributed by atoms with Gasteiger partial charge >= 0.3 is 6.09 Å². The van der Waals surface area contributed by atoms with Crippen molar-refractivity contribution in [2.75, 3.05) is 26.2 Å². The Bertz CT molecular complexity index is 1380. The second-order valence-corrected chi connectivity index (χ2v) is 12.6. The minimum Gasteiger partial charge on any atom is -0.445 e. The van der Waals surface area contributed by atoms with Gasteiger partial charge in [-0.2, -0.15) is 0 Å². The normalized spacial score (nSPS) is 17.9. The molecule has 8 heteroatoms. The zero-order valence-electron chi connectivity index (χ0n) is 26.9. The molecule has 2 aliphatic rings. The summed E-state index contributed by atoms with van der Waals surface area (Å²) in [5, 5.41) is 5.89. The zero-order valence-corrected chi connectivity index (χ0v) is 26.9. The van der Waals surface area contributed by atoms with Gasteiger partial charge in [-0.3, -0.25) is 9.59 Å². The van der Waals surface area contributed by atoms with Crippen LogP contribution in [-0.2, 0) is 33.9 Å². The Morgan fingerprint density at radius 2 is 1.41 bits per heavy atom. The maximum Gasteiger partial charge on any atom is 0.407 e. The minimum absolute atomic E-state index is 0.00644. The van der Waals surface area contributed by atoms with Crippen LogP contribution in [0.15, 0.2) is 91.0 Å². The molecule has 1 spiro atoms. The van der Waals surface area contributed by atoms with Crippen LogP contribution in [0.4, 0.5) is 4.79 Å². The van der Waals surface area contributed by atoms with E-state index in [0.29, 0.717) is 45.2 Å². The lowest BCUT2D eigenvalue weighted by Crippen LogP contribution is -2.72. The van der Waals surface area contributed by atoms with Gasteiger partial charge in [0, 0.05) is 26.2 Å². The van der Waals surface area contributed by atoms with Crippen molar-refractivity contribution in [3.05, 3.63) is 108 Å². The fourth-order valence-electron chi connectivity index (χ4n) is 6.63. The number of amides is 3. The summed E-state index contributed by atoms with van der Waals surface area (Å²) in [6.45, 7) is 3.74. The molecular formula is C38H48N4O4. The second-order valence-electron chi connectivity index (χ2n) is 12.6. The molecule has 1 atom stereocenters. The number of nitrogens with one attached hydrogen (secondary N) is 2. The van der Waals surface area contributed by atoms with E-state index in [0.717, 1.165) is 43.6 Å². The molecular weight excluding hydrogens is 576 g/mol. The first kappa shape index (κ1) is 33.2. The highest BCUT2D eigenvalue weighted by atomic mass is 16.5. The zero-order chi connectivity index (χ0) is 32.0. The van der Waals surface area contributed by atoms with Gasteiger partial charge in [0.25, 0.3) is 0 Å². The van der Waals surface area contributed by atoms with Crippen molar-refractivity contribution in [3.63, 3.8) is 0 Å². The SMILES string of the molecule is O=C(NCCCCC1NC(=O)C2(CCN(CCCCCc3ccccc3)CC2)N(Cc2ccccc2)C1=O)OCc1ccccc1. The van der Waals surface area contributed by atoms with Crippen LogP contribution in [0.3, 0.4) is 0 Å². The molecule has 0 aliphatic carbocycles. The van der Waals surface area contributed by atoms with Crippen molar-refractivity contribution in [2.24, 2.45) is 0 Å². The van der Waals surface area contributed by atoms with Gasteiger partial charge in [-0.25, -0.2) is 4.79 Å². The van der Waals surface area contributed by atoms with Gasteiger partial charge in [0.1, 0.15) is 18.2 Å². The third kappa shape index (κ3) is 9.19. The molecule has 0 bridgehead atoms. The van der Waals surface area contributed by atoms with Crippen molar-refractivity contribution < 1.29 is 19.1 Å². The van der Waals surface area contributed by atoms with Crippen LogP contribution >= 0.6 is 0 Å². The van der Waals surface area contributed by atoms with Crippen molar-refractivity contribution >= 4 is 17.9 Å². The molecule has 244 valence electrons. The predicted octanol–water partition coefficient (Wildman–Crippen LogP) is 5.86. The Morgan fingerprint density at radius 3 is 2.09 bits per heavy atom. The van der Waals surface area contributed by atoms with E-state index >= 15 is 0 Å². The number of ether oxygens (including phenoxy) is 1. The molecule has 3 amide bonds. The monoisotopic (exact) mass is 624 g/mol. The molecule has 2 saturated heterocycles. The highest BCUT2D eigenvalue weighted by molar-refractivity contribution is 6.00. The van der Waals surface area contributed by atoms with Gasteiger partial charge in [0.05, 0.1) is 0 Å². The molecule has 0 radical (unpaired) electrons. The summed E-state index contributed by atoms with van der Waals surface area (Å²) in [6.07, 6.45) is 7.35.